The van der Waals surface area contributed by atoms with Crippen molar-refractivity contribution < 1.29 is 14.3 Å². The zero-order valence-electron chi connectivity index (χ0n) is 8.86. The normalized spacial score (nSPS) is 18.5. The van der Waals surface area contributed by atoms with Crippen molar-refractivity contribution in [2.24, 2.45) is 5.73 Å². The standard InChI is InChI=1S/C9H17N3O3/c1-15-9(14)11-8(13)6-12-4-2-7(10)3-5-12/h7H,2-6,10H2,1H3,(H,11,13,14). The van der Waals surface area contributed by atoms with Crippen LogP contribution in [-0.4, -0.2) is 49.7 Å². The zero-order valence-corrected chi connectivity index (χ0v) is 8.86. The largest absolute Gasteiger partial charge is 0.453 e. The molecule has 1 saturated heterocycles. The molecule has 15 heavy (non-hydrogen) atoms. The lowest BCUT2D eigenvalue weighted by molar-refractivity contribution is -0.121. The number of rotatable bonds is 2. The molecule has 86 valence electrons. The Morgan fingerprint density at radius 2 is 2.07 bits per heavy atom. The van der Waals surface area contributed by atoms with Crippen molar-refractivity contribution >= 4 is 12.0 Å². The molecular weight excluding hydrogens is 198 g/mol. The predicted molar refractivity (Wildman–Crippen MR) is 54.2 cm³/mol. The average Bonchev–Trinajstić information content (AvgIpc) is 2.21. The topological polar surface area (TPSA) is 84.7 Å². The minimum Gasteiger partial charge on any atom is -0.453 e. The molecule has 0 unspecified atom stereocenters. The Morgan fingerprint density at radius 3 is 2.60 bits per heavy atom. The molecule has 6 heteroatoms. The number of amides is 2. The monoisotopic (exact) mass is 215 g/mol. The summed E-state index contributed by atoms with van der Waals surface area (Å²) in [5, 5.41) is 2.12. The highest BCUT2D eigenvalue weighted by Gasteiger charge is 2.18. The number of carbonyl (C=O) groups excluding carboxylic acids is 2. The van der Waals surface area contributed by atoms with Crippen LogP contribution in [0.1, 0.15) is 12.8 Å². The second-order valence-electron chi connectivity index (χ2n) is 3.65. The van der Waals surface area contributed by atoms with Gasteiger partial charge in [0.05, 0.1) is 13.7 Å². The van der Waals surface area contributed by atoms with Gasteiger partial charge in [0, 0.05) is 19.1 Å². The molecule has 2 amide bonds. The van der Waals surface area contributed by atoms with Crippen LogP contribution in [0.15, 0.2) is 0 Å². The summed E-state index contributed by atoms with van der Waals surface area (Å²) in [5.74, 6) is -0.336. The molecule has 0 bridgehead atoms. The number of hydrogen-bond donors (Lipinski definition) is 2. The number of imide groups is 1. The molecule has 0 saturated carbocycles. The number of nitrogens with zero attached hydrogens (tertiary/aromatic N) is 1. The maximum Gasteiger partial charge on any atom is 0.413 e. The Morgan fingerprint density at radius 1 is 1.47 bits per heavy atom. The number of carbonyl (C=O) groups is 2. The fourth-order valence-electron chi connectivity index (χ4n) is 1.52. The maximum absolute atomic E-state index is 11.3. The van der Waals surface area contributed by atoms with E-state index in [1.807, 2.05) is 4.90 Å². The minimum atomic E-state index is -0.714. The van der Waals surface area contributed by atoms with E-state index >= 15 is 0 Å². The van der Waals surface area contributed by atoms with Gasteiger partial charge in [0.15, 0.2) is 0 Å². The molecule has 1 aliphatic rings. The number of piperidine rings is 1. The molecule has 0 aliphatic carbocycles. The highest BCUT2D eigenvalue weighted by molar-refractivity contribution is 5.92. The van der Waals surface area contributed by atoms with Crippen molar-refractivity contribution in [2.45, 2.75) is 18.9 Å². The fraction of sp³-hybridized carbons (Fsp3) is 0.778. The van der Waals surface area contributed by atoms with E-state index in [2.05, 4.69) is 10.1 Å². The van der Waals surface area contributed by atoms with Gasteiger partial charge in [-0.2, -0.15) is 0 Å². The number of nitrogens with one attached hydrogen (secondary N) is 1. The molecule has 6 nitrogen and oxygen atoms in total. The number of nitrogens with two attached hydrogens (primary N) is 1. The molecule has 1 heterocycles. The molecule has 0 aromatic carbocycles. The smallest absolute Gasteiger partial charge is 0.413 e. The second kappa shape index (κ2) is 5.67. The number of alkyl carbamates (subject to hydrolysis) is 1. The summed E-state index contributed by atoms with van der Waals surface area (Å²) in [4.78, 5) is 24.0. The van der Waals surface area contributed by atoms with Crippen LogP contribution in [0.3, 0.4) is 0 Å². The van der Waals surface area contributed by atoms with Crippen molar-refractivity contribution in [2.75, 3.05) is 26.7 Å². The van der Waals surface area contributed by atoms with Crippen molar-refractivity contribution in [3.8, 4) is 0 Å². The first-order chi connectivity index (χ1) is 7.11. The lowest BCUT2D eigenvalue weighted by Gasteiger charge is -2.29. The van der Waals surface area contributed by atoms with Gasteiger partial charge in [-0.15, -0.1) is 0 Å². The molecule has 0 spiro atoms. The van der Waals surface area contributed by atoms with Crippen LogP contribution in [0.4, 0.5) is 4.79 Å². The second-order valence-corrected chi connectivity index (χ2v) is 3.65. The fourth-order valence-corrected chi connectivity index (χ4v) is 1.52. The summed E-state index contributed by atoms with van der Waals surface area (Å²) in [6.45, 7) is 1.83. The van der Waals surface area contributed by atoms with Gasteiger partial charge in [-0.25, -0.2) is 4.79 Å². The van der Waals surface area contributed by atoms with E-state index in [-0.39, 0.29) is 18.5 Å². The molecular formula is C9H17N3O3. The average molecular weight is 215 g/mol. The number of methoxy groups -OCH3 is 1. The third-order valence-electron chi connectivity index (χ3n) is 2.43. The number of hydrogen-bond acceptors (Lipinski definition) is 5. The quantitative estimate of drug-likeness (QED) is 0.635. The lowest BCUT2D eigenvalue weighted by Crippen LogP contribution is -2.45. The highest BCUT2D eigenvalue weighted by atomic mass is 16.5. The van der Waals surface area contributed by atoms with Crippen molar-refractivity contribution in [1.29, 1.82) is 0 Å². The van der Waals surface area contributed by atoms with Gasteiger partial charge in [-0.3, -0.25) is 15.0 Å². The van der Waals surface area contributed by atoms with E-state index in [4.69, 9.17) is 5.73 Å². The van der Waals surface area contributed by atoms with E-state index < -0.39 is 6.09 Å². The third kappa shape index (κ3) is 4.26. The van der Waals surface area contributed by atoms with Gasteiger partial charge < -0.3 is 10.5 Å². The molecule has 0 aromatic heterocycles. The van der Waals surface area contributed by atoms with Gasteiger partial charge >= 0.3 is 6.09 Å². The molecule has 0 aromatic rings. The first-order valence-electron chi connectivity index (χ1n) is 4.97. The van der Waals surface area contributed by atoms with E-state index in [9.17, 15) is 9.59 Å². The van der Waals surface area contributed by atoms with Crippen LogP contribution in [0.5, 0.6) is 0 Å². The van der Waals surface area contributed by atoms with E-state index in [1.54, 1.807) is 0 Å². The molecule has 0 radical (unpaired) electrons. The summed E-state index contributed by atoms with van der Waals surface area (Å²) in [6, 6.07) is 0.241. The highest BCUT2D eigenvalue weighted by Crippen LogP contribution is 2.06. The van der Waals surface area contributed by atoms with E-state index in [0.29, 0.717) is 0 Å². The van der Waals surface area contributed by atoms with Gasteiger partial charge in [-0.1, -0.05) is 0 Å². The third-order valence-corrected chi connectivity index (χ3v) is 2.43. The number of likely N-dealkylation sites (tertiary alicyclic amines) is 1. The Balaban J connectivity index is 2.23. The molecule has 1 rings (SSSR count). The van der Waals surface area contributed by atoms with Crippen molar-refractivity contribution in [3.63, 3.8) is 0 Å². The SMILES string of the molecule is COC(=O)NC(=O)CN1CCC(N)CC1. The molecule has 1 aliphatic heterocycles. The summed E-state index contributed by atoms with van der Waals surface area (Å²) in [5.41, 5.74) is 5.73. The van der Waals surface area contributed by atoms with Gasteiger partial charge in [-0.05, 0) is 12.8 Å². The molecule has 0 atom stereocenters. The predicted octanol–water partition coefficient (Wildman–Crippen LogP) is -0.708. The Kier molecular flexibility index (Phi) is 4.51. The van der Waals surface area contributed by atoms with Crippen LogP contribution in [0, 0.1) is 0 Å². The van der Waals surface area contributed by atoms with Crippen LogP contribution in [0.25, 0.3) is 0 Å². The first-order valence-corrected chi connectivity index (χ1v) is 4.97. The van der Waals surface area contributed by atoms with E-state index in [1.165, 1.54) is 7.11 Å². The zero-order chi connectivity index (χ0) is 11.3. The van der Waals surface area contributed by atoms with Crippen LogP contribution < -0.4 is 11.1 Å². The summed E-state index contributed by atoms with van der Waals surface area (Å²) < 4.78 is 4.32. The summed E-state index contributed by atoms with van der Waals surface area (Å²) >= 11 is 0. The molecule has 3 N–H and O–H groups in total. The summed E-state index contributed by atoms with van der Waals surface area (Å²) in [7, 11) is 1.22. The summed E-state index contributed by atoms with van der Waals surface area (Å²) in [6.07, 6.45) is 1.07. The van der Waals surface area contributed by atoms with Gasteiger partial charge in [0.2, 0.25) is 5.91 Å². The lowest BCUT2D eigenvalue weighted by atomic mass is 10.1. The van der Waals surface area contributed by atoms with Crippen molar-refractivity contribution in [1.82, 2.24) is 10.2 Å². The number of ether oxygens (including phenoxy) is 1. The van der Waals surface area contributed by atoms with Crippen LogP contribution >= 0.6 is 0 Å². The maximum atomic E-state index is 11.3. The van der Waals surface area contributed by atoms with E-state index in [0.717, 1.165) is 25.9 Å². The minimum absolute atomic E-state index is 0.224. The Hall–Kier alpha value is -1.14. The van der Waals surface area contributed by atoms with Gasteiger partial charge in [0.25, 0.3) is 0 Å². The van der Waals surface area contributed by atoms with Crippen LogP contribution in [-0.2, 0) is 9.53 Å². The van der Waals surface area contributed by atoms with Crippen LogP contribution in [0.2, 0.25) is 0 Å². The first kappa shape index (κ1) is 11.9. The van der Waals surface area contributed by atoms with Gasteiger partial charge in [0.1, 0.15) is 0 Å². The molecule has 1 fully saturated rings. The van der Waals surface area contributed by atoms with Crippen molar-refractivity contribution in [3.05, 3.63) is 0 Å². The Bertz CT molecular complexity index is 237. The Labute approximate surface area is 88.7 Å².